The fourth-order valence-electron chi connectivity index (χ4n) is 1.88. The molecule has 0 aromatic heterocycles. The Labute approximate surface area is 129 Å². The van der Waals surface area contributed by atoms with Crippen LogP contribution in [0.4, 0.5) is 5.69 Å². The van der Waals surface area contributed by atoms with Gasteiger partial charge >= 0.3 is 0 Å². The second kappa shape index (κ2) is 7.56. The molecule has 7 heteroatoms. The van der Waals surface area contributed by atoms with Crippen LogP contribution in [0.3, 0.4) is 0 Å². The number of aryl methyl sites for hydroxylation is 1. The van der Waals surface area contributed by atoms with Crippen LogP contribution in [0.25, 0.3) is 0 Å². The fourth-order valence-corrected chi connectivity index (χ4v) is 1.88. The standard InChI is InChI=1S/C15H22N4O3/c1-8(2)13(16)15(22)18-7-11(20)19-10-6-4-5-9(3)12(10)14(17)21/h4-6,8,13H,7,16H2,1-3H3,(H2,17,21)(H,18,22)(H,19,20)/t13-/m0/s1. The van der Waals surface area contributed by atoms with E-state index in [2.05, 4.69) is 10.6 Å². The summed E-state index contributed by atoms with van der Waals surface area (Å²) in [5.41, 5.74) is 12.2. The summed E-state index contributed by atoms with van der Waals surface area (Å²) in [7, 11) is 0. The third kappa shape index (κ3) is 4.56. The van der Waals surface area contributed by atoms with Gasteiger partial charge in [-0.3, -0.25) is 14.4 Å². The molecule has 3 amide bonds. The lowest BCUT2D eigenvalue weighted by atomic mass is 10.1. The molecule has 1 rings (SSSR count). The van der Waals surface area contributed by atoms with Gasteiger partial charge in [0.25, 0.3) is 5.91 Å². The second-order valence-corrected chi connectivity index (χ2v) is 5.40. The summed E-state index contributed by atoms with van der Waals surface area (Å²) in [6.45, 7) is 5.12. The Bertz CT molecular complexity index is 584. The summed E-state index contributed by atoms with van der Waals surface area (Å²) in [6.07, 6.45) is 0. The molecule has 120 valence electrons. The number of carbonyl (C=O) groups excluding carboxylic acids is 3. The van der Waals surface area contributed by atoms with E-state index in [4.69, 9.17) is 11.5 Å². The first-order chi connectivity index (χ1) is 10.2. The SMILES string of the molecule is Cc1cccc(NC(=O)CNC(=O)[C@@H](N)C(C)C)c1C(N)=O. The van der Waals surface area contributed by atoms with Crippen LogP contribution >= 0.6 is 0 Å². The van der Waals surface area contributed by atoms with Crippen molar-refractivity contribution in [2.75, 3.05) is 11.9 Å². The number of carbonyl (C=O) groups is 3. The fraction of sp³-hybridized carbons (Fsp3) is 0.400. The second-order valence-electron chi connectivity index (χ2n) is 5.40. The van der Waals surface area contributed by atoms with Crippen molar-refractivity contribution in [2.24, 2.45) is 17.4 Å². The molecule has 0 bridgehead atoms. The van der Waals surface area contributed by atoms with Gasteiger partial charge in [-0.25, -0.2) is 0 Å². The Morgan fingerprint density at radius 3 is 2.41 bits per heavy atom. The minimum atomic E-state index is -0.673. The summed E-state index contributed by atoms with van der Waals surface area (Å²) in [5.74, 6) is -1.51. The minimum absolute atomic E-state index is 0.0266. The largest absolute Gasteiger partial charge is 0.366 e. The van der Waals surface area contributed by atoms with Gasteiger partial charge in [-0.1, -0.05) is 26.0 Å². The molecular formula is C15H22N4O3. The summed E-state index contributed by atoms with van der Waals surface area (Å²) in [5, 5.41) is 5.02. The van der Waals surface area contributed by atoms with E-state index in [1.54, 1.807) is 25.1 Å². The van der Waals surface area contributed by atoms with Crippen molar-refractivity contribution in [1.29, 1.82) is 0 Å². The highest BCUT2D eigenvalue weighted by atomic mass is 16.2. The van der Waals surface area contributed by atoms with Crippen molar-refractivity contribution >= 4 is 23.4 Å². The van der Waals surface area contributed by atoms with Crippen LogP contribution in [0.1, 0.15) is 29.8 Å². The number of anilines is 1. The van der Waals surface area contributed by atoms with E-state index in [-0.39, 0.29) is 18.0 Å². The van der Waals surface area contributed by atoms with Gasteiger partial charge in [0, 0.05) is 0 Å². The normalized spacial score (nSPS) is 11.9. The van der Waals surface area contributed by atoms with Crippen molar-refractivity contribution in [1.82, 2.24) is 5.32 Å². The maximum absolute atomic E-state index is 11.9. The number of primary amides is 1. The molecule has 0 spiro atoms. The van der Waals surface area contributed by atoms with Crippen LogP contribution in [-0.4, -0.2) is 30.3 Å². The number of amides is 3. The molecule has 0 aliphatic carbocycles. The van der Waals surface area contributed by atoms with Crippen molar-refractivity contribution < 1.29 is 14.4 Å². The zero-order valence-corrected chi connectivity index (χ0v) is 13.0. The van der Waals surface area contributed by atoms with Crippen LogP contribution < -0.4 is 22.1 Å². The van der Waals surface area contributed by atoms with Crippen molar-refractivity contribution in [3.63, 3.8) is 0 Å². The zero-order chi connectivity index (χ0) is 16.9. The molecule has 7 nitrogen and oxygen atoms in total. The lowest BCUT2D eigenvalue weighted by Gasteiger charge is -2.15. The highest BCUT2D eigenvalue weighted by Crippen LogP contribution is 2.18. The first-order valence-electron chi connectivity index (χ1n) is 6.96. The number of nitrogens with one attached hydrogen (secondary N) is 2. The van der Waals surface area contributed by atoms with Gasteiger partial charge in [-0.05, 0) is 24.5 Å². The Hall–Kier alpha value is -2.41. The van der Waals surface area contributed by atoms with Crippen LogP contribution in [0, 0.1) is 12.8 Å². The van der Waals surface area contributed by atoms with Gasteiger partial charge in [0.05, 0.1) is 23.8 Å². The molecule has 6 N–H and O–H groups in total. The molecular weight excluding hydrogens is 284 g/mol. The number of nitrogens with two attached hydrogens (primary N) is 2. The van der Waals surface area contributed by atoms with E-state index in [0.29, 0.717) is 11.3 Å². The van der Waals surface area contributed by atoms with Gasteiger partial charge in [-0.15, -0.1) is 0 Å². The Kier molecular flexibility index (Phi) is 6.06. The maximum Gasteiger partial charge on any atom is 0.251 e. The van der Waals surface area contributed by atoms with Crippen molar-refractivity contribution in [3.05, 3.63) is 29.3 Å². The van der Waals surface area contributed by atoms with Gasteiger partial charge < -0.3 is 22.1 Å². The Balaban J connectivity index is 2.69. The molecule has 0 radical (unpaired) electrons. The molecule has 22 heavy (non-hydrogen) atoms. The highest BCUT2D eigenvalue weighted by Gasteiger charge is 2.18. The van der Waals surface area contributed by atoms with E-state index in [0.717, 1.165) is 0 Å². The quantitative estimate of drug-likeness (QED) is 0.595. The van der Waals surface area contributed by atoms with Crippen LogP contribution in [0.15, 0.2) is 18.2 Å². The molecule has 0 saturated heterocycles. The van der Waals surface area contributed by atoms with Crippen molar-refractivity contribution in [3.8, 4) is 0 Å². The first-order valence-corrected chi connectivity index (χ1v) is 6.96. The van der Waals surface area contributed by atoms with E-state index < -0.39 is 23.8 Å². The smallest absolute Gasteiger partial charge is 0.251 e. The summed E-state index contributed by atoms with van der Waals surface area (Å²) >= 11 is 0. The number of benzene rings is 1. The monoisotopic (exact) mass is 306 g/mol. The zero-order valence-electron chi connectivity index (χ0n) is 13.0. The van der Waals surface area contributed by atoms with E-state index in [9.17, 15) is 14.4 Å². The number of hydrogen-bond donors (Lipinski definition) is 4. The lowest BCUT2D eigenvalue weighted by Crippen LogP contribution is -2.46. The van der Waals surface area contributed by atoms with Crippen LogP contribution in [-0.2, 0) is 9.59 Å². The predicted molar refractivity (Wildman–Crippen MR) is 84.1 cm³/mol. The van der Waals surface area contributed by atoms with Gasteiger partial charge in [-0.2, -0.15) is 0 Å². The molecule has 0 aliphatic heterocycles. The molecule has 0 fully saturated rings. The molecule has 1 atom stereocenters. The van der Waals surface area contributed by atoms with Crippen LogP contribution in [0.5, 0.6) is 0 Å². The third-order valence-corrected chi connectivity index (χ3v) is 3.24. The highest BCUT2D eigenvalue weighted by molar-refractivity contribution is 6.04. The van der Waals surface area contributed by atoms with E-state index in [1.807, 2.05) is 13.8 Å². The predicted octanol–water partition coefficient (Wildman–Crippen LogP) is 0.132. The molecule has 0 heterocycles. The molecule has 0 aliphatic rings. The first kappa shape index (κ1) is 17.6. The summed E-state index contributed by atoms with van der Waals surface area (Å²) < 4.78 is 0. The van der Waals surface area contributed by atoms with Crippen LogP contribution in [0.2, 0.25) is 0 Å². The Morgan fingerprint density at radius 1 is 1.23 bits per heavy atom. The maximum atomic E-state index is 11.9. The summed E-state index contributed by atoms with van der Waals surface area (Å²) in [6, 6.07) is 4.32. The average Bonchev–Trinajstić information content (AvgIpc) is 2.43. The number of hydrogen-bond acceptors (Lipinski definition) is 4. The average molecular weight is 306 g/mol. The Morgan fingerprint density at radius 2 is 1.86 bits per heavy atom. The molecule has 0 unspecified atom stereocenters. The number of rotatable bonds is 6. The molecule has 0 saturated carbocycles. The third-order valence-electron chi connectivity index (χ3n) is 3.24. The van der Waals surface area contributed by atoms with Gasteiger partial charge in [0.2, 0.25) is 11.8 Å². The molecule has 1 aromatic carbocycles. The van der Waals surface area contributed by atoms with E-state index in [1.165, 1.54) is 0 Å². The van der Waals surface area contributed by atoms with Gasteiger partial charge in [0.15, 0.2) is 0 Å². The minimum Gasteiger partial charge on any atom is -0.366 e. The lowest BCUT2D eigenvalue weighted by molar-refractivity contribution is -0.125. The topological polar surface area (TPSA) is 127 Å². The molecule has 1 aromatic rings. The van der Waals surface area contributed by atoms with E-state index >= 15 is 0 Å². The van der Waals surface area contributed by atoms with Crippen molar-refractivity contribution in [2.45, 2.75) is 26.8 Å². The van der Waals surface area contributed by atoms with Gasteiger partial charge in [0.1, 0.15) is 0 Å². The summed E-state index contributed by atoms with van der Waals surface area (Å²) in [4.78, 5) is 35.0.